The van der Waals surface area contributed by atoms with Gasteiger partial charge in [0, 0.05) is 18.1 Å². The van der Waals surface area contributed by atoms with Crippen molar-refractivity contribution in [2.45, 2.75) is 6.54 Å². The highest BCUT2D eigenvalue weighted by atomic mass is 35.5. The van der Waals surface area contributed by atoms with E-state index in [9.17, 15) is 4.79 Å². The number of hydrogen-bond donors (Lipinski definition) is 1. The number of pyridine rings is 1. The number of halogens is 1. The van der Waals surface area contributed by atoms with Crippen molar-refractivity contribution in [1.82, 2.24) is 10.3 Å². The molecule has 0 saturated carbocycles. The molecule has 1 amide bonds. The van der Waals surface area contributed by atoms with Gasteiger partial charge in [0.05, 0.1) is 12.1 Å². The number of nitrogens with one attached hydrogen (secondary N) is 1. The lowest BCUT2D eigenvalue weighted by Crippen LogP contribution is -2.28. The van der Waals surface area contributed by atoms with Crippen LogP contribution in [-0.4, -0.2) is 24.6 Å². The Balaban J connectivity index is 1.58. The summed E-state index contributed by atoms with van der Waals surface area (Å²) in [7, 11) is 1.61. The van der Waals surface area contributed by atoms with Crippen molar-refractivity contribution in [3.05, 3.63) is 65.3 Å². The van der Waals surface area contributed by atoms with Gasteiger partial charge in [-0.05, 0) is 42.0 Å². The number of rotatable bonds is 6. The minimum atomic E-state index is -0.213. The third-order valence-corrected chi connectivity index (χ3v) is 4.02. The molecule has 2 aromatic carbocycles. The zero-order chi connectivity index (χ0) is 17.6. The predicted molar refractivity (Wildman–Crippen MR) is 97.1 cm³/mol. The Bertz CT molecular complexity index is 881. The fourth-order valence-corrected chi connectivity index (χ4v) is 2.58. The van der Waals surface area contributed by atoms with Gasteiger partial charge in [0.15, 0.2) is 6.61 Å². The summed E-state index contributed by atoms with van der Waals surface area (Å²) < 4.78 is 10.7. The first-order chi connectivity index (χ1) is 12.2. The normalized spacial score (nSPS) is 10.5. The van der Waals surface area contributed by atoms with Crippen molar-refractivity contribution in [3.63, 3.8) is 0 Å². The Labute approximate surface area is 150 Å². The van der Waals surface area contributed by atoms with Gasteiger partial charge in [-0.3, -0.25) is 9.78 Å². The van der Waals surface area contributed by atoms with E-state index in [0.717, 1.165) is 16.7 Å². The smallest absolute Gasteiger partial charge is 0.258 e. The fourth-order valence-electron chi connectivity index (χ4n) is 2.37. The standard InChI is InChI=1S/C19H17ClN2O3/c1-24-14-6-4-13(5-7-14)11-22-18(23)12-25-17-9-8-16(20)15-3-2-10-21-19(15)17/h2-10H,11-12H2,1H3,(H,22,23). The number of nitrogens with zero attached hydrogens (tertiary/aromatic N) is 1. The van der Waals surface area contributed by atoms with Gasteiger partial charge in [0.2, 0.25) is 0 Å². The van der Waals surface area contributed by atoms with Crippen LogP contribution in [0, 0.1) is 0 Å². The van der Waals surface area contributed by atoms with E-state index in [-0.39, 0.29) is 12.5 Å². The highest BCUT2D eigenvalue weighted by molar-refractivity contribution is 6.35. The molecule has 0 aliphatic carbocycles. The van der Waals surface area contributed by atoms with Gasteiger partial charge in [-0.2, -0.15) is 0 Å². The second kappa shape index (κ2) is 7.85. The quantitative estimate of drug-likeness (QED) is 0.733. The molecule has 0 spiro atoms. The van der Waals surface area contributed by atoms with Crippen LogP contribution in [0.15, 0.2) is 54.7 Å². The Hall–Kier alpha value is -2.79. The number of benzene rings is 2. The molecule has 5 nitrogen and oxygen atoms in total. The molecule has 1 heterocycles. The Morgan fingerprint density at radius 1 is 1.16 bits per heavy atom. The molecule has 0 aliphatic rings. The second-order valence-electron chi connectivity index (χ2n) is 5.36. The first kappa shape index (κ1) is 17.0. The summed E-state index contributed by atoms with van der Waals surface area (Å²) in [5.41, 5.74) is 1.62. The number of fused-ring (bicyclic) bond motifs is 1. The molecular weight excluding hydrogens is 340 g/mol. The van der Waals surface area contributed by atoms with Crippen LogP contribution >= 0.6 is 11.6 Å². The maximum Gasteiger partial charge on any atom is 0.258 e. The van der Waals surface area contributed by atoms with Crippen molar-refractivity contribution < 1.29 is 14.3 Å². The van der Waals surface area contributed by atoms with E-state index in [1.165, 1.54) is 0 Å². The lowest BCUT2D eigenvalue weighted by molar-refractivity contribution is -0.123. The van der Waals surface area contributed by atoms with Gasteiger partial charge < -0.3 is 14.8 Å². The van der Waals surface area contributed by atoms with E-state index < -0.39 is 0 Å². The third-order valence-electron chi connectivity index (χ3n) is 3.69. The van der Waals surface area contributed by atoms with Crippen molar-refractivity contribution in [2.24, 2.45) is 0 Å². The zero-order valence-corrected chi connectivity index (χ0v) is 14.4. The number of amides is 1. The number of carbonyl (C=O) groups is 1. The maximum absolute atomic E-state index is 12.0. The molecule has 0 saturated heterocycles. The minimum Gasteiger partial charge on any atom is -0.497 e. The average molecular weight is 357 g/mol. The highest BCUT2D eigenvalue weighted by Crippen LogP contribution is 2.29. The molecule has 25 heavy (non-hydrogen) atoms. The number of carbonyl (C=O) groups excluding carboxylic acids is 1. The molecule has 3 rings (SSSR count). The number of ether oxygens (including phenoxy) is 2. The summed E-state index contributed by atoms with van der Waals surface area (Å²) in [4.78, 5) is 16.3. The highest BCUT2D eigenvalue weighted by Gasteiger charge is 2.09. The van der Waals surface area contributed by atoms with Crippen molar-refractivity contribution in [3.8, 4) is 11.5 Å². The molecule has 1 aromatic heterocycles. The lowest BCUT2D eigenvalue weighted by Gasteiger charge is -2.10. The molecule has 0 aliphatic heterocycles. The summed E-state index contributed by atoms with van der Waals surface area (Å²) in [5, 5.41) is 4.20. The Kier molecular flexibility index (Phi) is 5.36. The second-order valence-corrected chi connectivity index (χ2v) is 5.77. The zero-order valence-electron chi connectivity index (χ0n) is 13.7. The molecule has 0 fully saturated rings. The molecule has 0 bridgehead atoms. The summed E-state index contributed by atoms with van der Waals surface area (Å²) in [6.07, 6.45) is 1.66. The van der Waals surface area contributed by atoms with Crippen LogP contribution < -0.4 is 14.8 Å². The van der Waals surface area contributed by atoms with Crippen LogP contribution in [0.3, 0.4) is 0 Å². The van der Waals surface area contributed by atoms with E-state index in [1.54, 1.807) is 31.5 Å². The molecule has 128 valence electrons. The van der Waals surface area contributed by atoms with E-state index in [0.29, 0.717) is 22.8 Å². The van der Waals surface area contributed by atoms with Crippen LogP contribution in [0.5, 0.6) is 11.5 Å². The van der Waals surface area contributed by atoms with Crippen LogP contribution in [0.4, 0.5) is 0 Å². The summed E-state index contributed by atoms with van der Waals surface area (Å²) in [6.45, 7) is 0.329. The van der Waals surface area contributed by atoms with Gasteiger partial charge in [0.25, 0.3) is 5.91 Å². The number of hydrogen-bond acceptors (Lipinski definition) is 4. The maximum atomic E-state index is 12.0. The molecule has 6 heteroatoms. The van der Waals surface area contributed by atoms with E-state index in [1.807, 2.05) is 30.3 Å². The van der Waals surface area contributed by atoms with Crippen LogP contribution in [0.25, 0.3) is 10.9 Å². The van der Waals surface area contributed by atoms with E-state index in [2.05, 4.69) is 10.3 Å². The molecular formula is C19H17ClN2O3. The van der Waals surface area contributed by atoms with Crippen LogP contribution in [0.1, 0.15) is 5.56 Å². The van der Waals surface area contributed by atoms with Crippen molar-refractivity contribution in [2.75, 3.05) is 13.7 Å². The van der Waals surface area contributed by atoms with Gasteiger partial charge in [-0.1, -0.05) is 23.7 Å². The number of aromatic nitrogens is 1. The SMILES string of the molecule is COc1ccc(CNC(=O)COc2ccc(Cl)c3cccnc23)cc1. The van der Waals surface area contributed by atoms with Crippen molar-refractivity contribution in [1.29, 1.82) is 0 Å². The van der Waals surface area contributed by atoms with E-state index in [4.69, 9.17) is 21.1 Å². The monoisotopic (exact) mass is 356 g/mol. The van der Waals surface area contributed by atoms with Crippen molar-refractivity contribution >= 4 is 28.4 Å². The third kappa shape index (κ3) is 4.19. The van der Waals surface area contributed by atoms with Gasteiger partial charge in [0.1, 0.15) is 17.0 Å². The summed E-state index contributed by atoms with van der Waals surface area (Å²) >= 11 is 6.15. The molecule has 3 aromatic rings. The molecule has 0 radical (unpaired) electrons. The lowest BCUT2D eigenvalue weighted by atomic mass is 10.2. The molecule has 1 N–H and O–H groups in total. The van der Waals surface area contributed by atoms with Crippen LogP contribution in [-0.2, 0) is 11.3 Å². The summed E-state index contributed by atoms with van der Waals surface area (Å²) in [6, 6.07) is 14.6. The van der Waals surface area contributed by atoms with Crippen LogP contribution in [0.2, 0.25) is 5.02 Å². The molecule has 0 atom stereocenters. The first-order valence-corrected chi connectivity index (χ1v) is 8.11. The Morgan fingerprint density at radius 2 is 1.96 bits per heavy atom. The van der Waals surface area contributed by atoms with E-state index >= 15 is 0 Å². The van der Waals surface area contributed by atoms with Gasteiger partial charge in [-0.25, -0.2) is 0 Å². The predicted octanol–water partition coefficient (Wildman–Crippen LogP) is 3.59. The fraction of sp³-hybridized carbons (Fsp3) is 0.158. The first-order valence-electron chi connectivity index (χ1n) is 7.73. The topological polar surface area (TPSA) is 60.5 Å². The summed E-state index contributed by atoms with van der Waals surface area (Å²) in [5.74, 6) is 1.09. The molecule has 0 unspecified atom stereocenters. The Morgan fingerprint density at radius 3 is 2.72 bits per heavy atom. The van der Waals surface area contributed by atoms with Gasteiger partial charge in [-0.15, -0.1) is 0 Å². The minimum absolute atomic E-state index is 0.0938. The number of methoxy groups -OCH3 is 1. The average Bonchev–Trinajstić information content (AvgIpc) is 2.66. The van der Waals surface area contributed by atoms with Gasteiger partial charge >= 0.3 is 0 Å². The largest absolute Gasteiger partial charge is 0.497 e.